The van der Waals surface area contributed by atoms with Gasteiger partial charge in [0.15, 0.2) is 0 Å². The number of hydrogen-bond donors (Lipinski definition) is 2. The molecule has 1 fully saturated rings. The number of aromatic nitrogens is 2. The molecule has 0 radical (unpaired) electrons. The summed E-state index contributed by atoms with van der Waals surface area (Å²) < 4.78 is 0. The Morgan fingerprint density at radius 3 is 2.41 bits per heavy atom. The lowest BCUT2D eigenvalue weighted by atomic mass is 9.97. The van der Waals surface area contributed by atoms with Gasteiger partial charge in [-0.05, 0) is 37.3 Å². The lowest BCUT2D eigenvalue weighted by molar-refractivity contribution is -0.139. The molecule has 1 aliphatic rings. The molecule has 0 aliphatic carbocycles. The number of amides is 2. The van der Waals surface area contributed by atoms with Gasteiger partial charge < -0.3 is 15.5 Å². The molecule has 1 aliphatic heterocycles. The quantitative estimate of drug-likeness (QED) is 0.785. The van der Waals surface area contributed by atoms with E-state index in [0.29, 0.717) is 12.5 Å². The standard InChI is InChI=1S/C20H25N5O2/c1-15(17-6-3-2-4-7-17)24-19(27)18(26)23-14-16-8-12-25(13-9-16)20-21-10-5-11-22-20/h2-7,10-11,15-16H,8-9,12-14H2,1H3,(H,23,26)(H,24,27)/t15-/m1/s1. The maximum Gasteiger partial charge on any atom is 0.309 e. The van der Waals surface area contributed by atoms with Crippen LogP contribution in [0.3, 0.4) is 0 Å². The van der Waals surface area contributed by atoms with Crippen molar-refractivity contribution < 1.29 is 9.59 Å². The Balaban J connectivity index is 1.40. The number of piperidine rings is 1. The van der Waals surface area contributed by atoms with E-state index in [1.54, 1.807) is 18.5 Å². The van der Waals surface area contributed by atoms with Gasteiger partial charge in [-0.3, -0.25) is 9.59 Å². The molecule has 0 saturated carbocycles. The summed E-state index contributed by atoms with van der Waals surface area (Å²) in [5, 5.41) is 5.50. The molecular weight excluding hydrogens is 342 g/mol. The van der Waals surface area contributed by atoms with E-state index in [1.807, 2.05) is 37.3 Å². The summed E-state index contributed by atoms with van der Waals surface area (Å²) >= 11 is 0. The van der Waals surface area contributed by atoms with Gasteiger partial charge in [0.2, 0.25) is 5.95 Å². The molecule has 0 spiro atoms. The summed E-state index contributed by atoms with van der Waals surface area (Å²) in [5.74, 6) is -0.0735. The average molecular weight is 367 g/mol. The molecule has 7 heteroatoms. The fraction of sp³-hybridized carbons (Fsp3) is 0.400. The van der Waals surface area contributed by atoms with Crippen LogP contribution in [0, 0.1) is 5.92 Å². The highest BCUT2D eigenvalue weighted by Crippen LogP contribution is 2.19. The largest absolute Gasteiger partial charge is 0.348 e. The highest BCUT2D eigenvalue weighted by atomic mass is 16.2. The minimum Gasteiger partial charge on any atom is -0.348 e. The predicted molar refractivity (Wildman–Crippen MR) is 103 cm³/mol. The van der Waals surface area contributed by atoms with E-state index in [1.165, 1.54) is 0 Å². The van der Waals surface area contributed by atoms with E-state index in [4.69, 9.17) is 0 Å². The fourth-order valence-corrected chi connectivity index (χ4v) is 3.20. The third-order valence-corrected chi connectivity index (χ3v) is 4.85. The highest BCUT2D eigenvalue weighted by molar-refractivity contribution is 6.35. The highest BCUT2D eigenvalue weighted by Gasteiger charge is 2.23. The summed E-state index contributed by atoms with van der Waals surface area (Å²) in [6.07, 6.45) is 5.34. The Hall–Kier alpha value is -2.96. The minimum atomic E-state index is -0.596. The van der Waals surface area contributed by atoms with Crippen LogP contribution in [0.2, 0.25) is 0 Å². The molecule has 1 saturated heterocycles. The van der Waals surface area contributed by atoms with Gasteiger partial charge >= 0.3 is 11.8 Å². The van der Waals surface area contributed by atoms with Crippen LogP contribution in [0.25, 0.3) is 0 Å². The Bertz CT molecular complexity index is 745. The second-order valence-corrected chi connectivity index (χ2v) is 6.80. The first-order chi connectivity index (χ1) is 13.1. The van der Waals surface area contributed by atoms with Gasteiger partial charge in [0.25, 0.3) is 0 Å². The lowest BCUT2D eigenvalue weighted by Gasteiger charge is -2.31. The molecule has 1 atom stereocenters. The van der Waals surface area contributed by atoms with Gasteiger partial charge in [-0.1, -0.05) is 30.3 Å². The first-order valence-corrected chi connectivity index (χ1v) is 9.29. The topological polar surface area (TPSA) is 87.2 Å². The molecule has 2 amide bonds. The molecule has 3 rings (SSSR count). The third-order valence-electron chi connectivity index (χ3n) is 4.85. The molecule has 0 unspecified atom stereocenters. The summed E-state index contributed by atoms with van der Waals surface area (Å²) in [6, 6.07) is 11.2. The number of hydrogen-bond acceptors (Lipinski definition) is 5. The van der Waals surface area contributed by atoms with E-state index in [9.17, 15) is 9.59 Å². The first-order valence-electron chi connectivity index (χ1n) is 9.29. The van der Waals surface area contributed by atoms with Gasteiger partial charge in [-0.15, -0.1) is 0 Å². The Kier molecular flexibility index (Phi) is 6.35. The first kappa shape index (κ1) is 18.8. The van der Waals surface area contributed by atoms with Crippen LogP contribution >= 0.6 is 0 Å². The molecule has 2 N–H and O–H groups in total. The van der Waals surface area contributed by atoms with E-state index in [-0.39, 0.29) is 6.04 Å². The summed E-state index contributed by atoms with van der Waals surface area (Å²) in [5.41, 5.74) is 0.967. The maximum atomic E-state index is 12.1. The lowest BCUT2D eigenvalue weighted by Crippen LogP contribution is -2.44. The SMILES string of the molecule is C[C@@H](NC(=O)C(=O)NCC1CCN(c2ncccn2)CC1)c1ccccc1. The Morgan fingerprint density at radius 1 is 1.07 bits per heavy atom. The summed E-state index contributed by atoms with van der Waals surface area (Å²) in [7, 11) is 0. The second-order valence-electron chi connectivity index (χ2n) is 6.80. The number of carbonyl (C=O) groups is 2. The van der Waals surface area contributed by atoms with Crippen LogP contribution < -0.4 is 15.5 Å². The number of nitrogens with one attached hydrogen (secondary N) is 2. The molecule has 2 heterocycles. The molecular formula is C20H25N5O2. The molecule has 0 bridgehead atoms. The zero-order valence-corrected chi connectivity index (χ0v) is 15.5. The van der Waals surface area contributed by atoms with Crippen molar-refractivity contribution in [2.75, 3.05) is 24.5 Å². The molecule has 1 aromatic heterocycles. The van der Waals surface area contributed by atoms with Crippen molar-refractivity contribution in [3.63, 3.8) is 0 Å². The number of carbonyl (C=O) groups excluding carboxylic acids is 2. The van der Waals surface area contributed by atoms with Gasteiger partial charge in [-0.25, -0.2) is 9.97 Å². The normalized spacial score (nSPS) is 15.8. The van der Waals surface area contributed by atoms with Crippen LogP contribution in [0.15, 0.2) is 48.8 Å². The fourth-order valence-electron chi connectivity index (χ4n) is 3.20. The number of nitrogens with zero attached hydrogens (tertiary/aromatic N) is 3. The van der Waals surface area contributed by atoms with E-state index in [0.717, 1.165) is 37.4 Å². The van der Waals surface area contributed by atoms with Crippen molar-refractivity contribution in [2.45, 2.75) is 25.8 Å². The van der Waals surface area contributed by atoms with Gasteiger partial charge in [0.1, 0.15) is 0 Å². The molecule has 2 aromatic rings. The van der Waals surface area contributed by atoms with Crippen LogP contribution in [0.5, 0.6) is 0 Å². The van der Waals surface area contributed by atoms with Crippen molar-refractivity contribution in [1.29, 1.82) is 0 Å². The second kappa shape index (κ2) is 9.12. The van der Waals surface area contributed by atoms with Crippen molar-refractivity contribution in [3.8, 4) is 0 Å². The molecule has 1 aromatic carbocycles. The zero-order chi connectivity index (χ0) is 19.1. The Morgan fingerprint density at radius 2 is 1.74 bits per heavy atom. The van der Waals surface area contributed by atoms with Gasteiger partial charge in [0, 0.05) is 32.0 Å². The van der Waals surface area contributed by atoms with Crippen molar-refractivity contribution in [3.05, 3.63) is 54.4 Å². The maximum absolute atomic E-state index is 12.1. The number of rotatable bonds is 5. The van der Waals surface area contributed by atoms with Crippen LogP contribution in [0.1, 0.15) is 31.4 Å². The average Bonchev–Trinajstić information content (AvgIpc) is 2.73. The van der Waals surface area contributed by atoms with Gasteiger partial charge in [0.05, 0.1) is 6.04 Å². The van der Waals surface area contributed by atoms with Crippen molar-refractivity contribution >= 4 is 17.8 Å². The van der Waals surface area contributed by atoms with Crippen LogP contribution in [0.4, 0.5) is 5.95 Å². The summed E-state index contributed by atoms with van der Waals surface area (Å²) in [4.78, 5) is 34.9. The number of benzene rings is 1. The van der Waals surface area contributed by atoms with Crippen molar-refractivity contribution in [2.24, 2.45) is 5.92 Å². The minimum absolute atomic E-state index is 0.210. The molecule has 7 nitrogen and oxygen atoms in total. The summed E-state index contributed by atoms with van der Waals surface area (Å²) in [6.45, 7) is 4.07. The van der Waals surface area contributed by atoms with Crippen molar-refractivity contribution in [1.82, 2.24) is 20.6 Å². The number of anilines is 1. The van der Waals surface area contributed by atoms with Crippen LogP contribution in [-0.4, -0.2) is 41.4 Å². The van der Waals surface area contributed by atoms with Gasteiger partial charge in [-0.2, -0.15) is 0 Å². The predicted octanol–water partition coefficient (Wildman–Crippen LogP) is 1.69. The Labute approximate surface area is 159 Å². The molecule has 27 heavy (non-hydrogen) atoms. The van der Waals surface area contributed by atoms with E-state index in [2.05, 4.69) is 25.5 Å². The van der Waals surface area contributed by atoms with Crippen LogP contribution in [-0.2, 0) is 9.59 Å². The van der Waals surface area contributed by atoms with E-state index < -0.39 is 11.8 Å². The smallest absolute Gasteiger partial charge is 0.309 e. The molecule has 142 valence electrons. The van der Waals surface area contributed by atoms with E-state index >= 15 is 0 Å². The monoisotopic (exact) mass is 367 g/mol. The third kappa shape index (κ3) is 5.26. The zero-order valence-electron chi connectivity index (χ0n) is 15.5.